The molecule has 0 unspecified atom stereocenters. The van der Waals surface area contributed by atoms with Crippen molar-refractivity contribution in [2.24, 2.45) is 5.41 Å². The zero-order valence-corrected chi connectivity index (χ0v) is 25.1. The molecule has 2 saturated heterocycles. The van der Waals surface area contributed by atoms with Crippen molar-refractivity contribution in [3.8, 4) is 5.88 Å². The Balaban J connectivity index is 1.37. The van der Waals surface area contributed by atoms with Crippen LogP contribution in [-0.2, 0) is 11.3 Å². The van der Waals surface area contributed by atoms with Crippen molar-refractivity contribution in [3.63, 3.8) is 0 Å². The molecule has 1 saturated carbocycles. The highest BCUT2D eigenvalue weighted by atomic mass is 16.6. The number of piperidine rings is 1. The maximum Gasteiger partial charge on any atom is 0.410 e. The summed E-state index contributed by atoms with van der Waals surface area (Å²) in [4.78, 5) is 49.5. The summed E-state index contributed by atoms with van der Waals surface area (Å²) in [7, 11) is 1.46. The van der Waals surface area contributed by atoms with Gasteiger partial charge < -0.3 is 29.3 Å². The maximum atomic E-state index is 14.2. The number of hydrogen-bond donors (Lipinski definition) is 1. The first-order valence-electron chi connectivity index (χ1n) is 14.8. The zero-order valence-electron chi connectivity index (χ0n) is 25.1. The molecule has 2 aliphatic heterocycles. The molecule has 1 aromatic carbocycles. The second-order valence-corrected chi connectivity index (χ2v) is 12.9. The molecular formula is C31H43N5O6. The Morgan fingerprint density at radius 1 is 1.05 bits per heavy atom. The molecule has 2 aromatic rings. The molecule has 1 aliphatic carbocycles. The Morgan fingerprint density at radius 3 is 2.40 bits per heavy atom. The van der Waals surface area contributed by atoms with Gasteiger partial charge in [0.15, 0.2) is 0 Å². The van der Waals surface area contributed by atoms with Gasteiger partial charge in [0.25, 0.3) is 5.56 Å². The normalized spacial score (nSPS) is 24.1. The van der Waals surface area contributed by atoms with E-state index in [1.807, 2.05) is 60.9 Å². The number of rotatable bonds is 4. The van der Waals surface area contributed by atoms with Crippen LogP contribution in [0.3, 0.4) is 0 Å². The van der Waals surface area contributed by atoms with E-state index in [0.717, 1.165) is 31.2 Å². The lowest BCUT2D eigenvalue weighted by Crippen LogP contribution is -2.64. The predicted octanol–water partition coefficient (Wildman–Crippen LogP) is 3.66. The van der Waals surface area contributed by atoms with Crippen LogP contribution in [0.4, 0.5) is 9.59 Å². The van der Waals surface area contributed by atoms with Gasteiger partial charge in [-0.15, -0.1) is 0 Å². The van der Waals surface area contributed by atoms with Crippen LogP contribution in [0.2, 0.25) is 0 Å². The summed E-state index contributed by atoms with van der Waals surface area (Å²) < 4.78 is 12.2. The number of piperazine rings is 1. The number of carbonyl (C=O) groups is 2. The van der Waals surface area contributed by atoms with Gasteiger partial charge in [0, 0.05) is 38.1 Å². The lowest BCUT2D eigenvalue weighted by molar-refractivity contribution is -0.137. The molecular weight excluding hydrogens is 538 g/mol. The van der Waals surface area contributed by atoms with Crippen molar-refractivity contribution in [1.82, 2.24) is 24.3 Å². The van der Waals surface area contributed by atoms with Crippen LogP contribution in [0, 0.1) is 5.41 Å². The monoisotopic (exact) mass is 581 g/mol. The topological polar surface area (TPSA) is 117 Å². The minimum atomic E-state index is -1.16. The molecule has 11 nitrogen and oxygen atoms in total. The summed E-state index contributed by atoms with van der Waals surface area (Å²) in [6, 6.07) is 10.7. The summed E-state index contributed by atoms with van der Waals surface area (Å²) >= 11 is 0. The van der Waals surface area contributed by atoms with Crippen LogP contribution in [-0.4, -0.2) is 92.5 Å². The maximum absolute atomic E-state index is 14.2. The molecule has 3 amide bonds. The van der Waals surface area contributed by atoms with Crippen LogP contribution in [0.1, 0.15) is 64.5 Å². The minimum Gasteiger partial charge on any atom is -0.481 e. The number of aliphatic hydroxyl groups is 1. The quantitative estimate of drug-likeness (QED) is 0.586. The second kappa shape index (κ2) is 11.6. The molecule has 3 fully saturated rings. The van der Waals surface area contributed by atoms with Crippen molar-refractivity contribution < 1.29 is 24.2 Å². The summed E-state index contributed by atoms with van der Waals surface area (Å²) in [5, 5.41) is 12.1. The second-order valence-electron chi connectivity index (χ2n) is 12.9. The van der Waals surface area contributed by atoms with Gasteiger partial charge in [-0.2, -0.15) is 0 Å². The van der Waals surface area contributed by atoms with E-state index in [1.54, 1.807) is 4.90 Å². The van der Waals surface area contributed by atoms with E-state index in [1.165, 1.54) is 24.1 Å². The van der Waals surface area contributed by atoms with Crippen LogP contribution >= 0.6 is 0 Å². The standard InChI is InChI=1S/C31H43N5O6/c1-29(2,3)42-28(39)33-16-17-36(24(19-33)23-10-6-5-7-11-23)27(38)34-15-14-31(40,30(20-34)12-8-9-13-30)21-35-22-32-25(41-4)18-26(35)37/h5-7,10-11,18,22,24,40H,8-9,12-17,19-21H2,1-4H3/t24-,31+/m0/s1. The first kappa shape index (κ1) is 29.9. The fraction of sp³-hybridized carbons (Fsp3) is 0.613. The van der Waals surface area contributed by atoms with Gasteiger partial charge in [-0.05, 0) is 45.6 Å². The largest absolute Gasteiger partial charge is 0.481 e. The molecule has 5 rings (SSSR count). The number of benzene rings is 1. The van der Waals surface area contributed by atoms with Gasteiger partial charge in [0.05, 0.1) is 31.4 Å². The van der Waals surface area contributed by atoms with Crippen LogP contribution in [0.25, 0.3) is 0 Å². The molecule has 0 radical (unpaired) electrons. The SMILES string of the molecule is COc1cc(=O)n(C[C@]2(O)CCN(C(=O)N3CCN(C(=O)OC(C)(C)C)C[C@H]3c3ccccc3)CC23CCCC3)cn1. The molecule has 0 bridgehead atoms. The smallest absolute Gasteiger partial charge is 0.410 e. The number of amides is 3. The number of ether oxygens (including phenoxy) is 2. The van der Waals surface area contributed by atoms with Crippen LogP contribution in [0.5, 0.6) is 5.88 Å². The Hall–Kier alpha value is -3.60. The highest BCUT2D eigenvalue weighted by molar-refractivity contribution is 5.76. The highest BCUT2D eigenvalue weighted by Crippen LogP contribution is 2.52. The average molecular weight is 582 g/mol. The van der Waals surface area contributed by atoms with Gasteiger partial charge >= 0.3 is 12.1 Å². The van der Waals surface area contributed by atoms with Gasteiger partial charge in [-0.25, -0.2) is 14.6 Å². The van der Waals surface area contributed by atoms with Crippen molar-refractivity contribution in [2.45, 2.75) is 76.7 Å². The highest BCUT2D eigenvalue weighted by Gasteiger charge is 2.56. The first-order chi connectivity index (χ1) is 19.9. The summed E-state index contributed by atoms with van der Waals surface area (Å²) in [5.41, 5.74) is -1.63. The Kier molecular flexibility index (Phi) is 8.24. The number of nitrogens with zero attached hydrogens (tertiary/aromatic N) is 5. The summed E-state index contributed by atoms with van der Waals surface area (Å²) in [6.07, 6.45) is 4.87. The molecule has 1 aromatic heterocycles. The average Bonchev–Trinajstić information content (AvgIpc) is 3.44. The van der Waals surface area contributed by atoms with E-state index in [4.69, 9.17) is 9.47 Å². The van der Waals surface area contributed by atoms with Crippen molar-refractivity contribution in [3.05, 3.63) is 58.6 Å². The van der Waals surface area contributed by atoms with E-state index in [2.05, 4.69) is 4.98 Å². The number of urea groups is 1. The van der Waals surface area contributed by atoms with Crippen LogP contribution < -0.4 is 10.3 Å². The fourth-order valence-corrected chi connectivity index (χ4v) is 6.83. The first-order valence-corrected chi connectivity index (χ1v) is 14.8. The fourth-order valence-electron chi connectivity index (χ4n) is 6.83. The third-order valence-electron chi connectivity index (χ3n) is 9.06. The van der Waals surface area contributed by atoms with Crippen molar-refractivity contribution in [2.75, 3.05) is 39.8 Å². The Labute approximate surface area is 247 Å². The molecule has 3 heterocycles. The number of methoxy groups -OCH3 is 1. The van der Waals surface area contributed by atoms with Gasteiger partial charge in [-0.3, -0.25) is 9.36 Å². The number of aromatic nitrogens is 2. The molecule has 42 heavy (non-hydrogen) atoms. The lowest BCUT2D eigenvalue weighted by Gasteiger charge is -2.53. The van der Waals surface area contributed by atoms with Crippen molar-refractivity contribution in [1.29, 1.82) is 0 Å². The number of hydrogen-bond acceptors (Lipinski definition) is 7. The van der Waals surface area contributed by atoms with Gasteiger partial charge in [-0.1, -0.05) is 43.2 Å². The Bertz CT molecular complexity index is 1340. The summed E-state index contributed by atoms with van der Waals surface area (Å²) in [5.74, 6) is 0.235. The minimum absolute atomic E-state index is 0.0932. The van der Waals surface area contributed by atoms with E-state index in [9.17, 15) is 19.5 Å². The van der Waals surface area contributed by atoms with Gasteiger partial charge in [0.1, 0.15) is 11.9 Å². The third-order valence-corrected chi connectivity index (χ3v) is 9.06. The molecule has 1 N–H and O–H groups in total. The van der Waals surface area contributed by atoms with E-state index in [-0.39, 0.29) is 36.2 Å². The van der Waals surface area contributed by atoms with Crippen LogP contribution in [0.15, 0.2) is 47.5 Å². The predicted molar refractivity (Wildman–Crippen MR) is 156 cm³/mol. The lowest BCUT2D eigenvalue weighted by atomic mass is 9.66. The number of likely N-dealkylation sites (tertiary alicyclic amines) is 1. The van der Waals surface area contributed by atoms with Gasteiger partial charge in [0.2, 0.25) is 5.88 Å². The molecule has 2 atom stereocenters. The third kappa shape index (κ3) is 5.97. The molecule has 3 aliphatic rings. The van der Waals surface area contributed by atoms with E-state index < -0.39 is 16.6 Å². The molecule has 1 spiro atoms. The van der Waals surface area contributed by atoms with E-state index >= 15 is 0 Å². The molecule has 11 heteroatoms. The van der Waals surface area contributed by atoms with Crippen molar-refractivity contribution >= 4 is 12.1 Å². The zero-order chi connectivity index (χ0) is 30.1. The number of carbonyl (C=O) groups excluding carboxylic acids is 2. The molecule has 228 valence electrons. The summed E-state index contributed by atoms with van der Waals surface area (Å²) in [6.45, 7) is 7.51. The Morgan fingerprint density at radius 2 is 1.76 bits per heavy atom. The van der Waals surface area contributed by atoms with E-state index in [0.29, 0.717) is 39.1 Å².